The van der Waals surface area contributed by atoms with E-state index in [-0.39, 0.29) is 0 Å². The van der Waals surface area contributed by atoms with Crippen molar-refractivity contribution in [3.8, 4) is 0 Å². The number of ether oxygens (including phenoxy) is 1. The molecule has 1 saturated heterocycles. The van der Waals surface area contributed by atoms with Crippen LogP contribution in [0, 0.1) is 0 Å². The van der Waals surface area contributed by atoms with Crippen molar-refractivity contribution in [2.45, 2.75) is 43.7 Å². The van der Waals surface area contributed by atoms with Crippen LogP contribution in [0.15, 0.2) is 16.7 Å². The first-order valence-electron chi connectivity index (χ1n) is 6.88. The highest BCUT2D eigenvalue weighted by atomic mass is 79.9. The van der Waals surface area contributed by atoms with E-state index in [4.69, 9.17) is 16.3 Å². The summed E-state index contributed by atoms with van der Waals surface area (Å²) in [6, 6.07) is 2.54. The molecule has 0 aromatic carbocycles. The van der Waals surface area contributed by atoms with Gasteiger partial charge in [-0.3, -0.25) is 0 Å². The van der Waals surface area contributed by atoms with Crippen LogP contribution in [0.2, 0.25) is 0 Å². The molecule has 0 N–H and O–H groups in total. The lowest BCUT2D eigenvalue weighted by Gasteiger charge is -2.45. The van der Waals surface area contributed by atoms with Gasteiger partial charge in [0.2, 0.25) is 0 Å². The molecule has 0 amide bonds. The Morgan fingerprint density at radius 1 is 1.42 bits per heavy atom. The maximum atomic E-state index is 6.08. The van der Waals surface area contributed by atoms with Gasteiger partial charge in [0.25, 0.3) is 0 Å². The van der Waals surface area contributed by atoms with Crippen molar-refractivity contribution in [1.29, 1.82) is 0 Å². The monoisotopic (exact) mass is 344 g/mol. The highest BCUT2D eigenvalue weighted by molar-refractivity contribution is 9.10. The van der Waals surface area contributed by atoms with E-state index in [1.54, 1.807) is 0 Å². The number of hydrogen-bond acceptors (Lipinski definition) is 3. The zero-order chi connectivity index (χ0) is 13.2. The molecule has 19 heavy (non-hydrogen) atoms. The van der Waals surface area contributed by atoms with E-state index in [9.17, 15) is 0 Å². The number of rotatable bonds is 2. The molecule has 2 fully saturated rings. The largest absolute Gasteiger partial charge is 0.374 e. The first-order chi connectivity index (χ1) is 9.29. The predicted octanol–water partition coefficient (Wildman–Crippen LogP) is 3.73. The number of hydrogen-bond donors (Lipinski definition) is 0. The van der Waals surface area contributed by atoms with Crippen molar-refractivity contribution < 1.29 is 4.74 Å². The lowest BCUT2D eigenvalue weighted by Crippen LogP contribution is -2.53. The minimum absolute atomic E-state index is 0.371. The first-order valence-corrected chi connectivity index (χ1v) is 8.21. The molecule has 1 aromatic rings. The van der Waals surface area contributed by atoms with Gasteiger partial charge in [0.15, 0.2) is 0 Å². The summed E-state index contributed by atoms with van der Waals surface area (Å²) in [6.45, 7) is 1.71. The average Bonchev–Trinajstić information content (AvgIpc) is 2.46. The highest BCUT2D eigenvalue weighted by Crippen LogP contribution is 2.33. The standard InChI is InChI=1S/C14H18BrClN2O/c15-11-7-10(8-16)14(17-9-11)18-5-6-19-13-4-2-1-3-12(13)18/h7,9,12-13H,1-6,8H2. The Morgan fingerprint density at radius 2 is 2.26 bits per heavy atom. The molecule has 2 atom stereocenters. The summed E-state index contributed by atoms with van der Waals surface area (Å²) < 4.78 is 6.91. The van der Waals surface area contributed by atoms with Gasteiger partial charge in [-0.25, -0.2) is 4.98 Å². The topological polar surface area (TPSA) is 25.4 Å². The van der Waals surface area contributed by atoms with Gasteiger partial charge >= 0.3 is 0 Å². The van der Waals surface area contributed by atoms with Crippen LogP contribution in [0.1, 0.15) is 31.2 Å². The molecule has 0 bridgehead atoms. The third-order valence-electron chi connectivity index (χ3n) is 4.06. The Kier molecular flexibility index (Phi) is 4.30. The maximum Gasteiger partial charge on any atom is 0.133 e. The van der Waals surface area contributed by atoms with Crippen LogP contribution in [-0.2, 0) is 10.6 Å². The second-order valence-corrected chi connectivity index (χ2v) is 6.41. The van der Waals surface area contributed by atoms with E-state index in [0.29, 0.717) is 18.0 Å². The Balaban J connectivity index is 1.91. The zero-order valence-electron chi connectivity index (χ0n) is 10.8. The minimum Gasteiger partial charge on any atom is -0.374 e. The molecule has 1 aliphatic carbocycles. The Labute approximate surface area is 127 Å². The smallest absolute Gasteiger partial charge is 0.133 e. The molecule has 104 valence electrons. The Morgan fingerprint density at radius 3 is 3.11 bits per heavy atom. The van der Waals surface area contributed by atoms with Crippen molar-refractivity contribution in [2.75, 3.05) is 18.1 Å². The first kappa shape index (κ1) is 13.7. The van der Waals surface area contributed by atoms with Gasteiger partial charge in [-0.2, -0.15) is 0 Å². The lowest BCUT2D eigenvalue weighted by molar-refractivity contribution is -0.00903. The number of alkyl halides is 1. The summed E-state index contributed by atoms with van der Waals surface area (Å²) in [6.07, 6.45) is 7.17. The Hall–Kier alpha value is -0.320. The second-order valence-electron chi connectivity index (χ2n) is 5.22. The van der Waals surface area contributed by atoms with Gasteiger partial charge in [-0.1, -0.05) is 12.8 Å². The summed E-state index contributed by atoms with van der Waals surface area (Å²) in [5.74, 6) is 1.54. The number of halogens is 2. The number of nitrogens with zero attached hydrogens (tertiary/aromatic N) is 2. The lowest BCUT2D eigenvalue weighted by atomic mass is 9.90. The maximum absolute atomic E-state index is 6.08. The number of aromatic nitrogens is 1. The van der Waals surface area contributed by atoms with Crippen molar-refractivity contribution in [2.24, 2.45) is 0 Å². The van der Waals surface area contributed by atoms with Gasteiger partial charge in [0, 0.05) is 22.8 Å². The second kappa shape index (κ2) is 5.98. The molecule has 1 aromatic heterocycles. The zero-order valence-corrected chi connectivity index (χ0v) is 13.2. The van der Waals surface area contributed by atoms with E-state index in [0.717, 1.165) is 29.0 Å². The van der Waals surface area contributed by atoms with Crippen LogP contribution in [-0.4, -0.2) is 30.3 Å². The fourth-order valence-electron chi connectivity index (χ4n) is 3.19. The molecule has 0 radical (unpaired) electrons. The van der Waals surface area contributed by atoms with Crippen LogP contribution < -0.4 is 4.90 Å². The van der Waals surface area contributed by atoms with Gasteiger partial charge in [-0.05, 0) is 34.8 Å². The molecular formula is C14H18BrClN2O. The fraction of sp³-hybridized carbons (Fsp3) is 0.643. The van der Waals surface area contributed by atoms with Crippen molar-refractivity contribution >= 4 is 33.3 Å². The fourth-order valence-corrected chi connectivity index (χ4v) is 3.77. The predicted molar refractivity (Wildman–Crippen MR) is 80.8 cm³/mol. The van der Waals surface area contributed by atoms with Crippen molar-refractivity contribution in [1.82, 2.24) is 4.98 Å². The normalized spacial score (nSPS) is 27.2. The van der Waals surface area contributed by atoms with Gasteiger partial charge < -0.3 is 9.64 Å². The van der Waals surface area contributed by atoms with E-state index in [1.165, 1.54) is 25.7 Å². The van der Waals surface area contributed by atoms with Crippen LogP contribution >= 0.6 is 27.5 Å². The van der Waals surface area contributed by atoms with Crippen LogP contribution in [0.4, 0.5) is 5.82 Å². The molecule has 2 unspecified atom stereocenters. The molecule has 1 saturated carbocycles. The number of anilines is 1. The summed E-state index contributed by atoms with van der Waals surface area (Å²) in [5.41, 5.74) is 1.10. The van der Waals surface area contributed by atoms with E-state index < -0.39 is 0 Å². The van der Waals surface area contributed by atoms with Gasteiger partial charge in [0.1, 0.15) is 5.82 Å². The molecule has 2 heterocycles. The molecule has 0 spiro atoms. The van der Waals surface area contributed by atoms with Crippen LogP contribution in [0.25, 0.3) is 0 Å². The van der Waals surface area contributed by atoms with Crippen molar-refractivity contribution in [3.63, 3.8) is 0 Å². The summed E-state index contributed by atoms with van der Waals surface area (Å²) in [4.78, 5) is 7.02. The Bertz CT molecular complexity index is 455. The average molecular weight is 346 g/mol. The molecule has 3 rings (SSSR count). The van der Waals surface area contributed by atoms with Crippen LogP contribution in [0.3, 0.4) is 0 Å². The van der Waals surface area contributed by atoms with Crippen molar-refractivity contribution in [3.05, 3.63) is 22.3 Å². The van der Waals surface area contributed by atoms with Crippen LogP contribution in [0.5, 0.6) is 0 Å². The van der Waals surface area contributed by atoms with Gasteiger partial charge in [-0.15, -0.1) is 11.6 Å². The van der Waals surface area contributed by atoms with E-state index in [2.05, 4.69) is 31.9 Å². The summed E-state index contributed by atoms with van der Waals surface area (Å²) >= 11 is 9.55. The quantitative estimate of drug-likeness (QED) is 0.764. The molecule has 5 heteroatoms. The number of pyridine rings is 1. The highest BCUT2D eigenvalue weighted by Gasteiger charge is 2.35. The third-order valence-corrected chi connectivity index (χ3v) is 4.78. The molecular weight excluding hydrogens is 328 g/mol. The summed E-state index contributed by atoms with van der Waals surface area (Å²) in [5, 5.41) is 0. The van der Waals surface area contributed by atoms with Gasteiger partial charge in [0.05, 0.1) is 24.6 Å². The molecule has 2 aliphatic rings. The molecule has 3 nitrogen and oxygen atoms in total. The SMILES string of the molecule is ClCc1cc(Br)cnc1N1CCOC2CCCCC21. The third kappa shape index (κ3) is 2.76. The minimum atomic E-state index is 0.371. The number of morpholine rings is 1. The van der Waals surface area contributed by atoms with E-state index >= 15 is 0 Å². The van der Waals surface area contributed by atoms with E-state index in [1.807, 2.05) is 6.20 Å². The summed E-state index contributed by atoms with van der Waals surface area (Å²) in [7, 11) is 0. The number of fused-ring (bicyclic) bond motifs is 1. The molecule has 1 aliphatic heterocycles.